The van der Waals surface area contributed by atoms with E-state index >= 15 is 0 Å². The summed E-state index contributed by atoms with van der Waals surface area (Å²) in [6.45, 7) is 2.93. The number of nitrogens with zero attached hydrogens (tertiary/aromatic N) is 5. The first kappa shape index (κ1) is 17.2. The van der Waals surface area contributed by atoms with Crippen molar-refractivity contribution in [3.05, 3.63) is 60.7 Å². The Kier molecular flexibility index (Phi) is 5.09. The molecule has 3 heterocycles. The van der Waals surface area contributed by atoms with Crippen molar-refractivity contribution in [2.24, 2.45) is 0 Å². The lowest BCUT2D eigenvalue weighted by molar-refractivity contribution is -0.131. The van der Waals surface area contributed by atoms with Crippen molar-refractivity contribution in [1.29, 1.82) is 0 Å². The third-order valence-corrected chi connectivity index (χ3v) is 4.75. The van der Waals surface area contributed by atoms with Gasteiger partial charge in [0.15, 0.2) is 0 Å². The number of aryl methyl sites for hydroxylation is 1. The van der Waals surface area contributed by atoms with E-state index in [1.807, 2.05) is 47.5 Å². The minimum Gasteiger partial charge on any atom is -0.342 e. The van der Waals surface area contributed by atoms with Gasteiger partial charge in [-0.05, 0) is 12.5 Å². The van der Waals surface area contributed by atoms with Crippen LogP contribution in [-0.4, -0.2) is 56.9 Å². The molecule has 1 fully saturated rings. The number of amides is 1. The smallest absolute Gasteiger partial charge is 0.225 e. The molecule has 1 aliphatic heterocycles. The maximum Gasteiger partial charge on any atom is 0.225 e. The Balaban J connectivity index is 1.27. The number of anilines is 1. The minimum atomic E-state index is 0.180. The molecule has 4 rings (SSSR count). The van der Waals surface area contributed by atoms with Crippen LogP contribution in [0, 0.1) is 0 Å². The zero-order valence-electron chi connectivity index (χ0n) is 15.1. The molecule has 1 aromatic carbocycles. The fraction of sp³-hybridized carbons (Fsp3) is 0.300. The molecule has 7 nitrogen and oxygen atoms in total. The zero-order valence-corrected chi connectivity index (χ0v) is 15.1. The van der Waals surface area contributed by atoms with Gasteiger partial charge in [0.25, 0.3) is 0 Å². The molecule has 0 atom stereocenters. The summed E-state index contributed by atoms with van der Waals surface area (Å²) in [5.41, 5.74) is 2.04. The summed E-state index contributed by atoms with van der Waals surface area (Å²) in [5, 5.41) is 0. The molecule has 27 heavy (non-hydrogen) atoms. The molecule has 1 N–H and O–H groups in total. The van der Waals surface area contributed by atoms with Crippen LogP contribution in [0.15, 0.2) is 55.0 Å². The van der Waals surface area contributed by atoms with E-state index < -0.39 is 0 Å². The molecule has 3 aromatic rings. The number of carbonyl (C=O) groups excluding carboxylic acids is 1. The van der Waals surface area contributed by atoms with Crippen LogP contribution in [0.1, 0.15) is 12.1 Å². The number of nitrogens with one attached hydrogen (secondary N) is 1. The summed E-state index contributed by atoms with van der Waals surface area (Å²) in [6, 6.07) is 11.8. The number of piperazine rings is 1. The lowest BCUT2D eigenvalue weighted by Crippen LogP contribution is -2.49. The Hall–Kier alpha value is -3.22. The van der Waals surface area contributed by atoms with Crippen LogP contribution in [0.25, 0.3) is 11.4 Å². The molecule has 0 aliphatic carbocycles. The number of hydrogen-bond donors (Lipinski definition) is 1. The van der Waals surface area contributed by atoms with Crippen molar-refractivity contribution in [3.63, 3.8) is 0 Å². The number of H-pyrrole nitrogens is 1. The van der Waals surface area contributed by atoms with Crippen molar-refractivity contribution in [3.8, 4) is 11.4 Å². The maximum atomic E-state index is 12.5. The molecule has 0 radical (unpaired) electrons. The Morgan fingerprint density at radius 1 is 0.963 bits per heavy atom. The SMILES string of the molecule is O=C(CCc1cnc(-c2ccccc2)[nH]1)N1CCN(c2ncccn2)CC1. The number of carbonyl (C=O) groups is 1. The van der Waals surface area contributed by atoms with Crippen molar-refractivity contribution in [2.75, 3.05) is 31.1 Å². The molecule has 1 saturated heterocycles. The molecular formula is C20H22N6O. The fourth-order valence-corrected chi connectivity index (χ4v) is 3.24. The van der Waals surface area contributed by atoms with Crippen molar-refractivity contribution in [1.82, 2.24) is 24.8 Å². The lowest BCUT2D eigenvalue weighted by atomic mass is 10.2. The van der Waals surface area contributed by atoms with Gasteiger partial charge in [-0.25, -0.2) is 15.0 Å². The van der Waals surface area contributed by atoms with Gasteiger partial charge in [0.05, 0.1) is 0 Å². The van der Waals surface area contributed by atoms with Gasteiger partial charge >= 0.3 is 0 Å². The molecule has 1 aliphatic rings. The summed E-state index contributed by atoms with van der Waals surface area (Å²) in [5.74, 6) is 1.75. The second-order valence-electron chi connectivity index (χ2n) is 6.54. The fourth-order valence-electron chi connectivity index (χ4n) is 3.24. The Morgan fingerprint density at radius 3 is 2.44 bits per heavy atom. The quantitative estimate of drug-likeness (QED) is 0.752. The Labute approximate surface area is 158 Å². The standard InChI is InChI=1S/C20H22N6O/c27-18(25-11-13-26(14-12-25)20-21-9-4-10-22-20)8-7-17-15-23-19(24-17)16-5-2-1-3-6-16/h1-6,9-10,15H,7-8,11-14H2,(H,23,24). The molecule has 0 spiro atoms. The first-order chi connectivity index (χ1) is 13.3. The summed E-state index contributed by atoms with van der Waals surface area (Å²) >= 11 is 0. The van der Waals surface area contributed by atoms with Crippen molar-refractivity contribution in [2.45, 2.75) is 12.8 Å². The van der Waals surface area contributed by atoms with E-state index in [1.165, 1.54) is 0 Å². The number of rotatable bonds is 5. The van der Waals surface area contributed by atoms with Crippen LogP contribution in [-0.2, 0) is 11.2 Å². The molecule has 2 aromatic heterocycles. The van der Waals surface area contributed by atoms with Gasteiger partial charge in [-0.2, -0.15) is 0 Å². The van der Waals surface area contributed by atoms with Gasteiger partial charge in [-0.15, -0.1) is 0 Å². The normalized spacial score (nSPS) is 14.4. The van der Waals surface area contributed by atoms with Gasteiger partial charge in [-0.3, -0.25) is 4.79 Å². The minimum absolute atomic E-state index is 0.180. The Bertz CT molecular complexity index is 872. The molecule has 138 valence electrons. The molecule has 0 unspecified atom stereocenters. The predicted octanol–water partition coefficient (Wildman–Crippen LogP) is 2.15. The van der Waals surface area contributed by atoms with E-state index in [4.69, 9.17) is 0 Å². The average Bonchev–Trinajstić information content (AvgIpc) is 3.22. The largest absolute Gasteiger partial charge is 0.342 e. The zero-order chi connectivity index (χ0) is 18.5. The monoisotopic (exact) mass is 362 g/mol. The molecule has 1 amide bonds. The number of aromatic amines is 1. The van der Waals surface area contributed by atoms with Gasteiger partial charge in [0, 0.05) is 62.4 Å². The average molecular weight is 362 g/mol. The third-order valence-electron chi connectivity index (χ3n) is 4.75. The first-order valence-corrected chi connectivity index (χ1v) is 9.18. The second-order valence-corrected chi connectivity index (χ2v) is 6.54. The summed E-state index contributed by atoms with van der Waals surface area (Å²) < 4.78 is 0. The number of imidazole rings is 1. The number of hydrogen-bond acceptors (Lipinski definition) is 5. The molecule has 7 heteroatoms. The lowest BCUT2D eigenvalue weighted by Gasteiger charge is -2.34. The maximum absolute atomic E-state index is 12.5. The summed E-state index contributed by atoms with van der Waals surface area (Å²) in [7, 11) is 0. The van der Waals surface area contributed by atoms with Crippen LogP contribution in [0.5, 0.6) is 0 Å². The Morgan fingerprint density at radius 2 is 1.70 bits per heavy atom. The van der Waals surface area contributed by atoms with E-state index in [-0.39, 0.29) is 5.91 Å². The highest BCUT2D eigenvalue weighted by Crippen LogP contribution is 2.16. The summed E-state index contributed by atoms with van der Waals surface area (Å²) in [4.78, 5) is 32.9. The van der Waals surface area contributed by atoms with Crippen LogP contribution >= 0.6 is 0 Å². The number of aromatic nitrogens is 4. The highest BCUT2D eigenvalue weighted by Gasteiger charge is 2.22. The first-order valence-electron chi connectivity index (χ1n) is 9.18. The molecule has 0 bridgehead atoms. The van der Waals surface area contributed by atoms with Gasteiger partial charge in [0.1, 0.15) is 5.82 Å². The number of benzene rings is 1. The van der Waals surface area contributed by atoms with Crippen molar-refractivity contribution < 1.29 is 4.79 Å². The highest BCUT2D eigenvalue weighted by molar-refractivity contribution is 5.76. The van der Waals surface area contributed by atoms with Crippen LogP contribution in [0.4, 0.5) is 5.95 Å². The van der Waals surface area contributed by atoms with Crippen LogP contribution in [0.3, 0.4) is 0 Å². The van der Waals surface area contributed by atoms with Gasteiger partial charge < -0.3 is 14.8 Å². The van der Waals surface area contributed by atoms with E-state index in [0.29, 0.717) is 25.9 Å². The van der Waals surface area contributed by atoms with Gasteiger partial charge in [-0.1, -0.05) is 30.3 Å². The van der Waals surface area contributed by atoms with Crippen LogP contribution < -0.4 is 4.90 Å². The second kappa shape index (κ2) is 7.99. The van der Waals surface area contributed by atoms with Crippen molar-refractivity contribution >= 4 is 11.9 Å². The van der Waals surface area contributed by atoms with E-state index in [0.717, 1.165) is 36.1 Å². The van der Waals surface area contributed by atoms with Crippen LogP contribution in [0.2, 0.25) is 0 Å². The highest BCUT2D eigenvalue weighted by atomic mass is 16.2. The molecule has 0 saturated carbocycles. The predicted molar refractivity (Wildman–Crippen MR) is 103 cm³/mol. The topological polar surface area (TPSA) is 78.0 Å². The van der Waals surface area contributed by atoms with E-state index in [9.17, 15) is 4.79 Å². The van der Waals surface area contributed by atoms with E-state index in [1.54, 1.807) is 12.4 Å². The van der Waals surface area contributed by atoms with Gasteiger partial charge in [0.2, 0.25) is 11.9 Å². The third kappa shape index (κ3) is 4.13. The molecular weight excluding hydrogens is 340 g/mol. The van der Waals surface area contributed by atoms with E-state index in [2.05, 4.69) is 24.8 Å². The summed E-state index contributed by atoms with van der Waals surface area (Å²) in [6.07, 6.45) is 6.46.